The van der Waals surface area contributed by atoms with E-state index in [9.17, 15) is 4.79 Å². The number of benzene rings is 1. The molecule has 0 saturated carbocycles. The van der Waals surface area contributed by atoms with Gasteiger partial charge in [0.25, 0.3) is 5.91 Å². The highest BCUT2D eigenvalue weighted by Crippen LogP contribution is 2.30. The fourth-order valence-electron chi connectivity index (χ4n) is 4.13. The van der Waals surface area contributed by atoms with Gasteiger partial charge in [-0.05, 0) is 50.7 Å². The minimum Gasteiger partial charge on any atom is -0.369 e. The average Bonchev–Trinajstić information content (AvgIpc) is 3.38. The summed E-state index contributed by atoms with van der Waals surface area (Å²) >= 11 is 0. The van der Waals surface area contributed by atoms with E-state index >= 15 is 0 Å². The molecule has 2 N–H and O–H groups in total. The molecule has 1 aliphatic rings. The molecule has 1 aliphatic heterocycles. The number of rotatable bonds is 4. The maximum atomic E-state index is 13.1. The van der Waals surface area contributed by atoms with E-state index in [1.54, 1.807) is 6.20 Å². The number of hydrogen-bond donors (Lipinski definition) is 2. The van der Waals surface area contributed by atoms with Gasteiger partial charge in [0.2, 0.25) is 0 Å². The van der Waals surface area contributed by atoms with Gasteiger partial charge >= 0.3 is 0 Å². The number of hydrogen-bond acceptors (Lipinski definition) is 6. The normalized spacial score (nSPS) is 16.5. The fourth-order valence-corrected chi connectivity index (χ4v) is 4.13. The van der Waals surface area contributed by atoms with Gasteiger partial charge in [-0.25, -0.2) is 4.98 Å². The van der Waals surface area contributed by atoms with Crippen molar-refractivity contribution in [3.05, 3.63) is 60.2 Å². The Morgan fingerprint density at radius 3 is 2.90 bits per heavy atom. The second-order valence-corrected chi connectivity index (χ2v) is 7.67. The van der Waals surface area contributed by atoms with Gasteiger partial charge in [0, 0.05) is 42.6 Å². The van der Waals surface area contributed by atoms with Crippen LogP contribution in [0.1, 0.15) is 22.5 Å². The van der Waals surface area contributed by atoms with Gasteiger partial charge in [0.1, 0.15) is 11.2 Å². The first-order valence-corrected chi connectivity index (χ1v) is 10.1. The third-order valence-electron chi connectivity index (χ3n) is 5.67. The molecule has 4 heterocycles. The SMILES string of the molecule is CN[C@H]1CCN(c2ccc(C(=O)Nc3ccc4nc(C)cn4c3)c3nnccc23)C1. The van der Waals surface area contributed by atoms with Crippen LogP contribution in [0.3, 0.4) is 0 Å². The van der Waals surface area contributed by atoms with Crippen molar-refractivity contribution in [2.45, 2.75) is 19.4 Å². The lowest BCUT2D eigenvalue weighted by Gasteiger charge is -2.21. The van der Waals surface area contributed by atoms with Crippen molar-refractivity contribution in [3.63, 3.8) is 0 Å². The molecule has 0 radical (unpaired) electrons. The number of anilines is 2. The lowest BCUT2D eigenvalue weighted by molar-refractivity contribution is 0.102. The summed E-state index contributed by atoms with van der Waals surface area (Å²) in [5.74, 6) is -0.210. The van der Waals surface area contributed by atoms with Crippen molar-refractivity contribution in [3.8, 4) is 0 Å². The Kier molecular flexibility index (Phi) is 4.55. The minimum absolute atomic E-state index is 0.210. The van der Waals surface area contributed by atoms with Crippen LogP contribution in [0.4, 0.5) is 11.4 Å². The smallest absolute Gasteiger partial charge is 0.257 e. The number of carbonyl (C=O) groups is 1. The Labute approximate surface area is 173 Å². The highest BCUT2D eigenvalue weighted by Gasteiger charge is 2.24. The zero-order valence-corrected chi connectivity index (χ0v) is 17.0. The molecule has 1 fully saturated rings. The fraction of sp³-hybridized carbons (Fsp3) is 0.273. The molecule has 8 heteroatoms. The van der Waals surface area contributed by atoms with E-state index in [0.717, 1.165) is 41.9 Å². The van der Waals surface area contributed by atoms with E-state index in [1.807, 2.05) is 61.1 Å². The number of aryl methyl sites for hydroxylation is 1. The van der Waals surface area contributed by atoms with Crippen LogP contribution in [0.15, 0.2) is 48.9 Å². The zero-order chi connectivity index (χ0) is 20.7. The first-order chi connectivity index (χ1) is 14.6. The summed E-state index contributed by atoms with van der Waals surface area (Å²) in [5, 5.41) is 15.6. The third-order valence-corrected chi connectivity index (χ3v) is 5.67. The number of fused-ring (bicyclic) bond motifs is 2. The minimum atomic E-state index is -0.210. The van der Waals surface area contributed by atoms with Crippen molar-refractivity contribution < 1.29 is 4.79 Å². The van der Waals surface area contributed by atoms with Gasteiger partial charge in [0.15, 0.2) is 0 Å². The van der Waals surface area contributed by atoms with Crippen LogP contribution in [0.25, 0.3) is 16.6 Å². The van der Waals surface area contributed by atoms with Crippen LogP contribution in [0.2, 0.25) is 0 Å². The van der Waals surface area contributed by atoms with Gasteiger partial charge in [-0.15, -0.1) is 5.10 Å². The summed E-state index contributed by atoms with van der Waals surface area (Å²) in [4.78, 5) is 19.8. The van der Waals surface area contributed by atoms with E-state index < -0.39 is 0 Å². The molecular formula is C22H23N7O. The van der Waals surface area contributed by atoms with E-state index in [2.05, 4.69) is 30.7 Å². The topological polar surface area (TPSA) is 87.5 Å². The molecule has 8 nitrogen and oxygen atoms in total. The molecule has 0 aliphatic carbocycles. The van der Waals surface area contributed by atoms with E-state index in [-0.39, 0.29) is 5.91 Å². The molecule has 1 amide bonds. The van der Waals surface area contributed by atoms with Gasteiger partial charge in [-0.1, -0.05) is 0 Å². The molecule has 1 aromatic carbocycles. The predicted molar refractivity (Wildman–Crippen MR) is 117 cm³/mol. The number of aromatic nitrogens is 4. The van der Waals surface area contributed by atoms with Crippen LogP contribution < -0.4 is 15.5 Å². The lowest BCUT2D eigenvalue weighted by atomic mass is 10.1. The standard InChI is InChI=1S/C22H23N7O/c1-14-11-29-13-16(3-6-20(29)25-14)26-22(30)18-4-5-19(17-7-9-24-27-21(17)18)28-10-8-15(12-28)23-2/h3-7,9,11,13,15,23H,8,10,12H2,1-2H3,(H,26,30)/t15-/m0/s1. The number of amides is 1. The first kappa shape index (κ1) is 18.5. The molecule has 1 atom stereocenters. The molecule has 152 valence electrons. The van der Waals surface area contributed by atoms with Gasteiger partial charge < -0.3 is 19.9 Å². The summed E-state index contributed by atoms with van der Waals surface area (Å²) in [7, 11) is 1.99. The number of nitrogens with one attached hydrogen (secondary N) is 2. The molecule has 5 rings (SSSR count). The van der Waals surface area contributed by atoms with E-state index in [0.29, 0.717) is 22.8 Å². The number of likely N-dealkylation sites (N-methyl/N-ethyl adjacent to an activating group) is 1. The van der Waals surface area contributed by atoms with Crippen molar-refractivity contribution >= 4 is 33.8 Å². The summed E-state index contributed by atoms with van der Waals surface area (Å²) in [6.07, 6.45) is 6.55. The summed E-state index contributed by atoms with van der Waals surface area (Å²) < 4.78 is 1.90. The van der Waals surface area contributed by atoms with Crippen LogP contribution in [0.5, 0.6) is 0 Å². The van der Waals surface area contributed by atoms with Crippen molar-refractivity contribution in [2.75, 3.05) is 30.4 Å². The van der Waals surface area contributed by atoms with Crippen molar-refractivity contribution in [1.29, 1.82) is 0 Å². The van der Waals surface area contributed by atoms with Gasteiger partial charge in [-0.3, -0.25) is 4.79 Å². The summed E-state index contributed by atoms with van der Waals surface area (Å²) in [6.45, 7) is 3.85. The Balaban J connectivity index is 1.47. The van der Waals surface area contributed by atoms with E-state index in [1.165, 1.54) is 0 Å². The van der Waals surface area contributed by atoms with Crippen LogP contribution >= 0.6 is 0 Å². The summed E-state index contributed by atoms with van der Waals surface area (Å²) in [5.41, 5.74) is 4.68. The number of carbonyl (C=O) groups excluding carboxylic acids is 1. The first-order valence-electron chi connectivity index (χ1n) is 10.1. The third kappa shape index (κ3) is 3.25. The number of pyridine rings is 1. The van der Waals surface area contributed by atoms with Gasteiger partial charge in [0.05, 0.1) is 23.1 Å². The lowest BCUT2D eigenvalue weighted by Crippen LogP contribution is -2.29. The largest absolute Gasteiger partial charge is 0.369 e. The quantitative estimate of drug-likeness (QED) is 0.547. The van der Waals surface area contributed by atoms with Crippen LogP contribution in [0, 0.1) is 6.92 Å². The second kappa shape index (κ2) is 7.38. The van der Waals surface area contributed by atoms with Gasteiger partial charge in [-0.2, -0.15) is 5.10 Å². The Morgan fingerprint density at radius 2 is 2.07 bits per heavy atom. The van der Waals surface area contributed by atoms with Crippen molar-refractivity contribution in [1.82, 2.24) is 24.9 Å². The van der Waals surface area contributed by atoms with E-state index in [4.69, 9.17) is 0 Å². The van der Waals surface area contributed by atoms with Crippen LogP contribution in [-0.2, 0) is 0 Å². The second-order valence-electron chi connectivity index (χ2n) is 7.67. The van der Waals surface area contributed by atoms with Crippen LogP contribution in [-0.4, -0.2) is 51.7 Å². The molecule has 1 saturated heterocycles. The molecule has 0 spiro atoms. The molecule has 0 bridgehead atoms. The Hall–Kier alpha value is -3.52. The highest BCUT2D eigenvalue weighted by molar-refractivity contribution is 6.13. The monoisotopic (exact) mass is 401 g/mol. The highest BCUT2D eigenvalue weighted by atomic mass is 16.1. The predicted octanol–water partition coefficient (Wildman–Crippen LogP) is 2.64. The molecule has 3 aromatic heterocycles. The number of imidazole rings is 1. The Morgan fingerprint density at radius 1 is 1.17 bits per heavy atom. The molecule has 0 unspecified atom stereocenters. The van der Waals surface area contributed by atoms with Crippen molar-refractivity contribution in [2.24, 2.45) is 0 Å². The zero-order valence-electron chi connectivity index (χ0n) is 17.0. The maximum Gasteiger partial charge on any atom is 0.257 e. The molecule has 30 heavy (non-hydrogen) atoms. The average molecular weight is 401 g/mol. The Bertz CT molecular complexity index is 1250. The summed E-state index contributed by atoms with van der Waals surface area (Å²) in [6, 6.07) is 9.99. The molecular weight excluding hydrogens is 378 g/mol. The molecule has 4 aromatic rings. The number of nitrogens with zero attached hydrogens (tertiary/aromatic N) is 5. The maximum absolute atomic E-state index is 13.1.